The zero-order chi connectivity index (χ0) is 11.1. The van der Waals surface area contributed by atoms with Crippen molar-refractivity contribution in [1.82, 2.24) is 5.32 Å². The van der Waals surface area contributed by atoms with Crippen LogP contribution >= 0.6 is 0 Å². The SMILES string of the molecule is CC(C)(C)S(=O)(=O)C1NC(=O)C1CO. The summed E-state index contributed by atoms with van der Waals surface area (Å²) in [6.45, 7) is 4.29. The summed E-state index contributed by atoms with van der Waals surface area (Å²) in [5.41, 5.74) is 0. The van der Waals surface area contributed by atoms with Crippen LogP contribution in [-0.4, -0.2) is 36.2 Å². The summed E-state index contributed by atoms with van der Waals surface area (Å²) in [6, 6.07) is 0. The van der Waals surface area contributed by atoms with Crippen LogP contribution in [0.15, 0.2) is 0 Å². The predicted molar refractivity (Wildman–Crippen MR) is 51.2 cm³/mol. The molecule has 2 N–H and O–H groups in total. The smallest absolute Gasteiger partial charge is 0.229 e. The van der Waals surface area contributed by atoms with Gasteiger partial charge in [-0.2, -0.15) is 0 Å². The summed E-state index contributed by atoms with van der Waals surface area (Å²) < 4.78 is 22.7. The molecule has 1 saturated heterocycles. The van der Waals surface area contributed by atoms with E-state index in [-0.39, 0.29) is 0 Å². The van der Waals surface area contributed by atoms with Crippen molar-refractivity contribution >= 4 is 15.7 Å². The highest BCUT2D eigenvalue weighted by atomic mass is 32.2. The lowest BCUT2D eigenvalue weighted by Crippen LogP contribution is -2.65. The molecule has 0 saturated carbocycles. The predicted octanol–water partition coefficient (Wildman–Crippen LogP) is -0.736. The number of rotatable bonds is 2. The van der Waals surface area contributed by atoms with E-state index >= 15 is 0 Å². The van der Waals surface area contributed by atoms with E-state index in [1.165, 1.54) is 0 Å². The summed E-state index contributed by atoms with van der Waals surface area (Å²) in [5.74, 6) is -1.20. The summed E-state index contributed by atoms with van der Waals surface area (Å²) in [7, 11) is -3.43. The van der Waals surface area contributed by atoms with Crippen LogP contribution in [0.4, 0.5) is 0 Å². The Balaban J connectivity index is 2.93. The van der Waals surface area contributed by atoms with Gasteiger partial charge in [-0.15, -0.1) is 0 Å². The maximum atomic E-state index is 11.8. The number of nitrogens with one attached hydrogen (secondary N) is 1. The number of hydrogen-bond acceptors (Lipinski definition) is 4. The number of sulfone groups is 1. The van der Waals surface area contributed by atoms with Gasteiger partial charge in [-0.25, -0.2) is 8.42 Å². The monoisotopic (exact) mass is 221 g/mol. The third-order valence-corrected chi connectivity index (χ3v) is 5.19. The zero-order valence-corrected chi connectivity index (χ0v) is 9.26. The van der Waals surface area contributed by atoms with Crippen molar-refractivity contribution in [3.8, 4) is 0 Å². The van der Waals surface area contributed by atoms with Crippen molar-refractivity contribution in [3.63, 3.8) is 0 Å². The van der Waals surface area contributed by atoms with E-state index in [9.17, 15) is 13.2 Å². The van der Waals surface area contributed by atoms with Gasteiger partial charge in [0.25, 0.3) is 0 Å². The molecule has 2 unspecified atom stereocenters. The molecule has 0 bridgehead atoms. The highest BCUT2D eigenvalue weighted by Gasteiger charge is 2.51. The van der Waals surface area contributed by atoms with Crippen molar-refractivity contribution in [2.75, 3.05) is 6.61 Å². The molecule has 14 heavy (non-hydrogen) atoms. The maximum absolute atomic E-state index is 11.8. The van der Waals surface area contributed by atoms with Crippen LogP contribution in [0.2, 0.25) is 0 Å². The van der Waals surface area contributed by atoms with Gasteiger partial charge in [0.2, 0.25) is 5.91 Å². The van der Waals surface area contributed by atoms with Gasteiger partial charge in [0, 0.05) is 0 Å². The van der Waals surface area contributed by atoms with E-state index in [4.69, 9.17) is 5.11 Å². The lowest BCUT2D eigenvalue weighted by Gasteiger charge is -2.38. The summed E-state index contributed by atoms with van der Waals surface area (Å²) in [4.78, 5) is 10.9. The largest absolute Gasteiger partial charge is 0.395 e. The van der Waals surface area contributed by atoms with Crippen molar-refractivity contribution in [3.05, 3.63) is 0 Å². The van der Waals surface area contributed by atoms with Gasteiger partial charge in [0.15, 0.2) is 9.84 Å². The van der Waals surface area contributed by atoms with Gasteiger partial charge in [-0.1, -0.05) is 0 Å². The van der Waals surface area contributed by atoms with Crippen LogP contribution < -0.4 is 5.32 Å². The molecule has 5 nitrogen and oxygen atoms in total. The Bertz CT molecular complexity index is 341. The average Bonchev–Trinajstić information content (AvgIpc) is 1.98. The van der Waals surface area contributed by atoms with Gasteiger partial charge in [-0.05, 0) is 20.8 Å². The molecule has 82 valence electrons. The number of aliphatic hydroxyl groups is 1. The van der Waals surface area contributed by atoms with E-state index < -0.39 is 38.4 Å². The number of β-lactam (4-membered cyclic amide) rings is 1. The molecule has 6 heteroatoms. The average molecular weight is 221 g/mol. The fraction of sp³-hybridized carbons (Fsp3) is 0.875. The molecular weight excluding hydrogens is 206 g/mol. The molecule has 1 aliphatic rings. The first kappa shape index (κ1) is 11.5. The maximum Gasteiger partial charge on any atom is 0.229 e. The number of carbonyl (C=O) groups excluding carboxylic acids is 1. The van der Waals surface area contributed by atoms with Crippen LogP contribution in [0.3, 0.4) is 0 Å². The Kier molecular flexibility index (Phi) is 2.62. The third kappa shape index (κ3) is 1.52. The summed E-state index contributed by atoms with van der Waals surface area (Å²) in [6.07, 6.45) is 0. The topological polar surface area (TPSA) is 83.5 Å². The molecule has 1 rings (SSSR count). The van der Waals surface area contributed by atoms with Crippen LogP contribution in [0.1, 0.15) is 20.8 Å². The van der Waals surface area contributed by atoms with E-state index in [2.05, 4.69) is 5.32 Å². The third-order valence-electron chi connectivity index (χ3n) is 2.37. The van der Waals surface area contributed by atoms with Crippen molar-refractivity contribution in [2.45, 2.75) is 30.9 Å². The molecule has 0 spiro atoms. The van der Waals surface area contributed by atoms with E-state index in [0.29, 0.717) is 0 Å². The quantitative estimate of drug-likeness (QED) is 0.602. The zero-order valence-electron chi connectivity index (χ0n) is 8.44. The lowest BCUT2D eigenvalue weighted by atomic mass is 10.0. The fourth-order valence-corrected chi connectivity index (χ4v) is 2.92. The van der Waals surface area contributed by atoms with Crippen molar-refractivity contribution < 1.29 is 18.3 Å². The molecule has 2 atom stereocenters. The Morgan fingerprint density at radius 2 is 1.93 bits per heavy atom. The normalized spacial score (nSPS) is 28.1. The standard InChI is InChI=1S/C8H15NO4S/c1-8(2,3)14(12,13)7-5(4-10)6(11)9-7/h5,7,10H,4H2,1-3H3,(H,9,11). The van der Waals surface area contributed by atoms with Crippen LogP contribution in [0, 0.1) is 5.92 Å². The number of aliphatic hydroxyl groups excluding tert-OH is 1. The van der Waals surface area contributed by atoms with Gasteiger partial charge in [0.1, 0.15) is 5.37 Å². The summed E-state index contributed by atoms with van der Waals surface area (Å²) in [5, 5.41) is 10.2. The molecule has 0 radical (unpaired) electrons. The molecule has 0 aliphatic carbocycles. The van der Waals surface area contributed by atoms with Crippen LogP contribution in [0.25, 0.3) is 0 Å². The lowest BCUT2D eigenvalue weighted by molar-refractivity contribution is -0.134. The van der Waals surface area contributed by atoms with E-state index in [1.54, 1.807) is 20.8 Å². The second-order valence-electron chi connectivity index (χ2n) is 4.38. The Morgan fingerprint density at radius 3 is 2.21 bits per heavy atom. The number of carbonyl (C=O) groups is 1. The second-order valence-corrected chi connectivity index (χ2v) is 7.20. The Morgan fingerprint density at radius 1 is 1.43 bits per heavy atom. The molecule has 1 fully saturated rings. The van der Waals surface area contributed by atoms with Crippen molar-refractivity contribution in [1.29, 1.82) is 0 Å². The minimum absolute atomic E-state index is 0.398. The van der Waals surface area contributed by atoms with Gasteiger partial charge < -0.3 is 10.4 Å². The Labute approximate surface area is 83.4 Å². The molecular formula is C8H15NO4S. The number of hydrogen-bond donors (Lipinski definition) is 2. The molecule has 0 aromatic rings. The van der Waals surface area contributed by atoms with Crippen LogP contribution in [0.5, 0.6) is 0 Å². The van der Waals surface area contributed by atoms with Crippen LogP contribution in [-0.2, 0) is 14.6 Å². The first-order valence-corrected chi connectivity index (χ1v) is 5.91. The van der Waals surface area contributed by atoms with Crippen molar-refractivity contribution in [2.24, 2.45) is 5.92 Å². The molecule has 1 amide bonds. The Hall–Kier alpha value is -0.620. The first-order valence-electron chi connectivity index (χ1n) is 4.36. The second kappa shape index (κ2) is 3.20. The molecule has 0 aromatic heterocycles. The van der Waals surface area contributed by atoms with Gasteiger partial charge >= 0.3 is 0 Å². The summed E-state index contributed by atoms with van der Waals surface area (Å²) >= 11 is 0. The highest BCUT2D eigenvalue weighted by Crippen LogP contribution is 2.28. The fourth-order valence-electron chi connectivity index (χ4n) is 1.24. The van der Waals surface area contributed by atoms with Gasteiger partial charge in [0.05, 0.1) is 17.3 Å². The first-order chi connectivity index (χ1) is 6.21. The highest BCUT2D eigenvalue weighted by molar-refractivity contribution is 7.93. The van der Waals surface area contributed by atoms with E-state index in [0.717, 1.165) is 0 Å². The minimum atomic E-state index is -3.43. The minimum Gasteiger partial charge on any atom is -0.395 e. The number of amides is 1. The van der Waals surface area contributed by atoms with E-state index in [1.807, 2.05) is 0 Å². The molecule has 1 aliphatic heterocycles. The van der Waals surface area contributed by atoms with Gasteiger partial charge in [-0.3, -0.25) is 4.79 Å². The molecule has 1 heterocycles. The molecule has 0 aromatic carbocycles.